The van der Waals surface area contributed by atoms with Crippen LogP contribution in [-0.4, -0.2) is 27.4 Å². The molecule has 0 aliphatic carbocycles. The van der Waals surface area contributed by atoms with E-state index in [1.807, 2.05) is 30.3 Å². The Labute approximate surface area is 138 Å². The second-order valence-corrected chi connectivity index (χ2v) is 4.38. The number of phenols is 1. The topological polar surface area (TPSA) is 104 Å². The summed E-state index contributed by atoms with van der Waals surface area (Å²) in [6.07, 6.45) is 5.03. The number of carbonyl (C=O) groups excluding carboxylic acids is 1. The fourth-order valence-corrected chi connectivity index (χ4v) is 1.55. The van der Waals surface area contributed by atoms with Gasteiger partial charge in [0.05, 0.1) is 0 Å². The lowest BCUT2D eigenvalue weighted by molar-refractivity contribution is -0.227. The maximum atomic E-state index is 10.4. The van der Waals surface area contributed by atoms with E-state index in [4.69, 9.17) is 10.4 Å². The first-order valence-electron chi connectivity index (χ1n) is 6.80. The zero-order valence-electron chi connectivity index (χ0n) is 12.6. The number of carboxylic acids is 1. The monoisotopic (exact) mass is 328 g/mol. The lowest BCUT2D eigenvalue weighted by atomic mass is 10.2. The summed E-state index contributed by atoms with van der Waals surface area (Å²) in [5.74, 6) is -1.73. The highest BCUT2D eigenvalue weighted by atomic mass is 17.1. The quantitative estimate of drug-likeness (QED) is 0.452. The maximum Gasteiger partial charge on any atom is 0.365 e. The van der Waals surface area contributed by atoms with Gasteiger partial charge in [-0.3, -0.25) is 4.89 Å². The fourth-order valence-electron chi connectivity index (χ4n) is 1.55. The number of hydrogen-bond acceptors (Lipinski definition) is 5. The van der Waals surface area contributed by atoms with Gasteiger partial charge in [0.15, 0.2) is 0 Å². The van der Waals surface area contributed by atoms with E-state index in [1.165, 1.54) is 12.1 Å². The van der Waals surface area contributed by atoms with Crippen molar-refractivity contribution in [2.24, 2.45) is 0 Å². The van der Waals surface area contributed by atoms with Gasteiger partial charge in [0, 0.05) is 17.7 Å². The summed E-state index contributed by atoms with van der Waals surface area (Å²) in [6.45, 7) is 0. The number of benzene rings is 2. The lowest BCUT2D eigenvalue weighted by Crippen LogP contribution is -1.93. The highest BCUT2D eigenvalue weighted by molar-refractivity contribution is 5.86. The van der Waals surface area contributed by atoms with E-state index in [2.05, 4.69) is 4.89 Å². The number of aromatic hydroxyl groups is 1. The lowest BCUT2D eigenvalue weighted by Gasteiger charge is -1.95. The molecule has 2 aromatic carbocycles. The first-order chi connectivity index (χ1) is 11.5. The van der Waals surface area contributed by atoms with Crippen LogP contribution < -0.4 is 0 Å². The number of para-hydroxylation sites is 1. The molecule has 0 heterocycles. The molecule has 0 aliphatic heterocycles. The van der Waals surface area contributed by atoms with Gasteiger partial charge in [-0.1, -0.05) is 48.5 Å². The summed E-state index contributed by atoms with van der Waals surface area (Å²) >= 11 is 0. The minimum Gasteiger partial charge on any atom is -0.507 e. The zero-order chi connectivity index (χ0) is 17.8. The maximum absolute atomic E-state index is 10.4. The summed E-state index contributed by atoms with van der Waals surface area (Å²) in [7, 11) is 0. The van der Waals surface area contributed by atoms with Crippen molar-refractivity contribution in [3.05, 3.63) is 77.9 Å². The van der Waals surface area contributed by atoms with Crippen molar-refractivity contribution in [2.45, 2.75) is 0 Å². The van der Waals surface area contributed by atoms with Crippen LogP contribution in [0.25, 0.3) is 12.2 Å². The highest BCUT2D eigenvalue weighted by Crippen LogP contribution is 2.16. The van der Waals surface area contributed by atoms with E-state index < -0.39 is 11.9 Å². The molecule has 124 valence electrons. The number of phenolic OH excluding ortho intramolecular Hbond substituents is 1. The van der Waals surface area contributed by atoms with Gasteiger partial charge in [0.2, 0.25) is 0 Å². The van der Waals surface area contributed by atoms with Gasteiger partial charge in [-0.25, -0.2) is 9.59 Å². The van der Waals surface area contributed by atoms with Crippen LogP contribution in [-0.2, 0) is 14.5 Å². The normalized spacial score (nSPS) is 10.2. The molecular formula is C18H16O6. The van der Waals surface area contributed by atoms with Gasteiger partial charge < -0.3 is 10.2 Å². The van der Waals surface area contributed by atoms with E-state index in [9.17, 15) is 14.7 Å². The number of carboxylic acid groups (broad SMARTS) is 1. The molecule has 0 aromatic heterocycles. The third-order valence-corrected chi connectivity index (χ3v) is 2.64. The van der Waals surface area contributed by atoms with E-state index in [-0.39, 0.29) is 5.75 Å². The average molecular weight is 328 g/mol. The molecule has 2 aromatic rings. The van der Waals surface area contributed by atoms with Gasteiger partial charge in [0.25, 0.3) is 0 Å². The van der Waals surface area contributed by atoms with Crippen LogP contribution in [0.15, 0.2) is 66.7 Å². The van der Waals surface area contributed by atoms with Crippen LogP contribution in [0, 0.1) is 0 Å². The van der Waals surface area contributed by atoms with Gasteiger partial charge >= 0.3 is 11.9 Å². The Morgan fingerprint density at radius 3 is 2.08 bits per heavy atom. The van der Waals surface area contributed by atoms with Crippen LogP contribution in [0.5, 0.6) is 5.75 Å². The molecule has 0 spiro atoms. The standard InChI is InChI=1S/2C9H8O3/c10-8-4-2-1-3-7(8)5-6-9(11)12;10-9(12-11)7-6-8-4-2-1-3-5-8/h1-6,10H,(H,11,12);1-7,11H/b6-5+;7-6+. The van der Waals surface area contributed by atoms with Crippen LogP contribution in [0.3, 0.4) is 0 Å². The van der Waals surface area contributed by atoms with Gasteiger partial charge in [-0.15, -0.1) is 0 Å². The van der Waals surface area contributed by atoms with Crippen molar-refractivity contribution < 1.29 is 29.9 Å². The minimum atomic E-state index is -1.03. The molecule has 24 heavy (non-hydrogen) atoms. The largest absolute Gasteiger partial charge is 0.507 e. The SMILES string of the molecule is O=C(/C=C/c1ccccc1)OO.O=C(O)/C=C/c1ccccc1O. The number of carbonyl (C=O) groups is 2. The summed E-state index contributed by atoms with van der Waals surface area (Å²) in [5.41, 5.74) is 1.38. The summed E-state index contributed by atoms with van der Waals surface area (Å²) < 4.78 is 0. The van der Waals surface area contributed by atoms with Crippen molar-refractivity contribution in [1.82, 2.24) is 0 Å². The van der Waals surface area contributed by atoms with Crippen molar-refractivity contribution in [3.63, 3.8) is 0 Å². The first kappa shape index (κ1) is 18.7. The Hall–Kier alpha value is -3.38. The van der Waals surface area contributed by atoms with Crippen molar-refractivity contribution in [3.8, 4) is 5.75 Å². The predicted octanol–water partition coefficient (Wildman–Crippen LogP) is 3.21. The van der Waals surface area contributed by atoms with Gasteiger partial charge in [-0.05, 0) is 23.8 Å². The van der Waals surface area contributed by atoms with Crippen LogP contribution in [0.1, 0.15) is 11.1 Å². The number of aliphatic carboxylic acids is 1. The molecule has 0 fully saturated rings. The zero-order valence-corrected chi connectivity index (χ0v) is 12.6. The van der Waals surface area contributed by atoms with Gasteiger partial charge in [0.1, 0.15) is 5.75 Å². The Balaban J connectivity index is 0.000000240. The predicted molar refractivity (Wildman–Crippen MR) is 89.0 cm³/mol. The second-order valence-electron chi connectivity index (χ2n) is 4.38. The van der Waals surface area contributed by atoms with Crippen LogP contribution in [0.4, 0.5) is 0 Å². The van der Waals surface area contributed by atoms with E-state index >= 15 is 0 Å². The molecule has 0 saturated carbocycles. The third kappa shape index (κ3) is 7.58. The van der Waals surface area contributed by atoms with Crippen LogP contribution in [0.2, 0.25) is 0 Å². The molecule has 3 N–H and O–H groups in total. The molecule has 0 bridgehead atoms. The minimum absolute atomic E-state index is 0.0787. The molecule has 6 nitrogen and oxygen atoms in total. The number of hydrogen-bond donors (Lipinski definition) is 3. The Morgan fingerprint density at radius 1 is 0.875 bits per heavy atom. The third-order valence-electron chi connectivity index (χ3n) is 2.64. The Bertz CT molecular complexity index is 719. The van der Waals surface area contributed by atoms with E-state index in [0.29, 0.717) is 5.56 Å². The van der Waals surface area contributed by atoms with Crippen molar-refractivity contribution in [1.29, 1.82) is 0 Å². The first-order valence-corrected chi connectivity index (χ1v) is 6.80. The van der Waals surface area contributed by atoms with Crippen molar-refractivity contribution in [2.75, 3.05) is 0 Å². The smallest absolute Gasteiger partial charge is 0.365 e. The summed E-state index contributed by atoms with van der Waals surface area (Å²) in [4.78, 5) is 24.0. The molecule has 0 aliphatic rings. The van der Waals surface area contributed by atoms with E-state index in [1.54, 1.807) is 24.3 Å². The second kappa shape index (κ2) is 10.4. The van der Waals surface area contributed by atoms with Gasteiger partial charge in [-0.2, -0.15) is 5.26 Å². The highest BCUT2D eigenvalue weighted by Gasteiger charge is 1.94. The summed E-state index contributed by atoms with van der Waals surface area (Å²) in [5, 5.41) is 25.4. The molecule has 0 saturated heterocycles. The molecule has 0 amide bonds. The molecule has 0 radical (unpaired) electrons. The van der Waals surface area contributed by atoms with Crippen molar-refractivity contribution >= 4 is 24.1 Å². The fraction of sp³-hybridized carbons (Fsp3) is 0. The molecule has 2 rings (SSSR count). The number of rotatable bonds is 4. The van der Waals surface area contributed by atoms with E-state index in [0.717, 1.165) is 17.7 Å². The Morgan fingerprint density at radius 2 is 1.50 bits per heavy atom. The molecule has 6 heteroatoms. The molecular weight excluding hydrogens is 312 g/mol. The van der Waals surface area contributed by atoms with Crippen LogP contribution >= 0.6 is 0 Å². The summed E-state index contributed by atoms with van der Waals surface area (Å²) in [6, 6.07) is 15.8. The average Bonchev–Trinajstić information content (AvgIpc) is 2.60. The Kier molecular flexibility index (Phi) is 8.06. The molecule has 0 atom stereocenters. The molecule has 0 unspecified atom stereocenters.